The number of ether oxygens (including phenoxy) is 1. The van der Waals surface area contributed by atoms with Crippen LogP contribution in [0.4, 0.5) is 0 Å². The van der Waals surface area contributed by atoms with Crippen LogP contribution in [0.5, 0.6) is 5.88 Å². The Hall–Kier alpha value is -2.08. The molecule has 2 aliphatic carbocycles. The first-order valence-electron chi connectivity index (χ1n) is 10.8. The molecule has 6 nitrogen and oxygen atoms in total. The summed E-state index contributed by atoms with van der Waals surface area (Å²) in [5.74, 6) is 1.03. The molecule has 0 unspecified atom stereocenters. The van der Waals surface area contributed by atoms with Crippen molar-refractivity contribution in [2.24, 2.45) is 18.4 Å². The van der Waals surface area contributed by atoms with E-state index in [0.717, 1.165) is 61.2 Å². The van der Waals surface area contributed by atoms with Gasteiger partial charge in [-0.1, -0.05) is 0 Å². The molecule has 0 aromatic carbocycles. The molecule has 156 valence electrons. The monoisotopic (exact) mass is 397 g/mol. The number of nitrogens with zero attached hydrogens (tertiary/aromatic N) is 3. The number of carbonyl (C=O) groups is 1. The molecule has 0 bridgehead atoms. The first-order valence-corrected chi connectivity index (χ1v) is 10.8. The molecule has 3 fully saturated rings. The lowest BCUT2D eigenvalue weighted by molar-refractivity contribution is -0.164. The summed E-state index contributed by atoms with van der Waals surface area (Å²) >= 11 is 0. The van der Waals surface area contributed by atoms with Gasteiger partial charge in [0.2, 0.25) is 11.8 Å². The predicted octanol–water partition coefficient (Wildman–Crippen LogP) is 3.19. The molecule has 3 aliphatic rings. The summed E-state index contributed by atoms with van der Waals surface area (Å²) in [6.45, 7) is 5.64. The highest BCUT2D eigenvalue weighted by atomic mass is 16.5. The minimum atomic E-state index is -0.632. The maximum absolute atomic E-state index is 12.6. The van der Waals surface area contributed by atoms with Crippen LogP contribution in [0.1, 0.15) is 51.0 Å². The minimum Gasteiger partial charge on any atom is -0.474 e. The summed E-state index contributed by atoms with van der Waals surface area (Å²) in [5, 5.41) is 11.0. The third-order valence-corrected chi connectivity index (χ3v) is 7.34. The van der Waals surface area contributed by atoms with Crippen LogP contribution < -0.4 is 4.74 Å². The predicted molar refractivity (Wildman–Crippen MR) is 111 cm³/mol. The van der Waals surface area contributed by atoms with E-state index >= 15 is 0 Å². The van der Waals surface area contributed by atoms with Crippen LogP contribution in [0.2, 0.25) is 0 Å². The highest BCUT2D eigenvalue weighted by molar-refractivity contribution is 5.81. The summed E-state index contributed by atoms with van der Waals surface area (Å²) in [5.41, 5.74) is 1.70. The zero-order valence-electron chi connectivity index (χ0n) is 17.6. The standard InChI is InChI=1S/C23H31N3O3/c1-15-10-16-6-9-25(3)19(16)24-20(15)29-18-4-7-23(8-5-18)13-26(14-23)21(27)17-11-22(2,28)12-17/h6,9-10,17-18,28H,4-5,7-8,11-14H2,1-3H3. The summed E-state index contributed by atoms with van der Waals surface area (Å²) < 4.78 is 8.34. The van der Waals surface area contributed by atoms with Gasteiger partial charge in [-0.05, 0) is 64.5 Å². The number of fused-ring (bicyclic) bond motifs is 1. The third-order valence-electron chi connectivity index (χ3n) is 7.34. The zero-order valence-corrected chi connectivity index (χ0v) is 17.6. The Bertz CT molecular complexity index is 940. The van der Waals surface area contributed by atoms with E-state index in [0.29, 0.717) is 12.8 Å². The number of hydrogen-bond donors (Lipinski definition) is 1. The lowest BCUT2D eigenvalue weighted by Crippen LogP contribution is -2.63. The second-order valence-corrected chi connectivity index (χ2v) is 10.1. The maximum Gasteiger partial charge on any atom is 0.225 e. The van der Waals surface area contributed by atoms with E-state index in [2.05, 4.69) is 19.1 Å². The van der Waals surface area contributed by atoms with E-state index in [-0.39, 0.29) is 23.3 Å². The summed E-state index contributed by atoms with van der Waals surface area (Å²) in [7, 11) is 2.01. The largest absolute Gasteiger partial charge is 0.474 e. The number of aryl methyl sites for hydroxylation is 2. The van der Waals surface area contributed by atoms with Crippen molar-refractivity contribution >= 4 is 16.9 Å². The molecule has 6 heteroatoms. The van der Waals surface area contributed by atoms with Crippen molar-refractivity contribution in [1.82, 2.24) is 14.5 Å². The van der Waals surface area contributed by atoms with Gasteiger partial charge in [0, 0.05) is 48.6 Å². The second-order valence-electron chi connectivity index (χ2n) is 10.1. The molecule has 2 aromatic rings. The van der Waals surface area contributed by atoms with E-state index in [1.807, 2.05) is 29.6 Å². The fourth-order valence-electron chi connectivity index (χ4n) is 5.55. The molecular weight excluding hydrogens is 366 g/mol. The molecule has 3 heterocycles. The normalized spacial score (nSPS) is 29.0. The van der Waals surface area contributed by atoms with Gasteiger partial charge in [0.25, 0.3) is 0 Å². The van der Waals surface area contributed by atoms with Crippen molar-refractivity contribution < 1.29 is 14.6 Å². The van der Waals surface area contributed by atoms with Gasteiger partial charge in [0.1, 0.15) is 11.8 Å². The van der Waals surface area contributed by atoms with Crippen molar-refractivity contribution in [2.75, 3.05) is 13.1 Å². The Morgan fingerprint density at radius 3 is 2.62 bits per heavy atom. The van der Waals surface area contributed by atoms with E-state index in [1.54, 1.807) is 0 Å². The van der Waals surface area contributed by atoms with Crippen LogP contribution in [0, 0.1) is 18.3 Å². The topological polar surface area (TPSA) is 67.6 Å². The van der Waals surface area contributed by atoms with Gasteiger partial charge in [0.15, 0.2) is 0 Å². The average molecular weight is 398 g/mol. The van der Waals surface area contributed by atoms with Crippen molar-refractivity contribution in [2.45, 2.75) is 64.1 Å². The van der Waals surface area contributed by atoms with Gasteiger partial charge >= 0.3 is 0 Å². The van der Waals surface area contributed by atoms with Crippen molar-refractivity contribution in [3.8, 4) is 5.88 Å². The van der Waals surface area contributed by atoms with Gasteiger partial charge in [-0.25, -0.2) is 0 Å². The SMILES string of the molecule is Cc1cc2ccn(C)c2nc1OC1CCC2(CC1)CN(C(=O)C1CC(C)(O)C1)C2. The number of hydrogen-bond acceptors (Lipinski definition) is 4. The van der Waals surface area contributed by atoms with Crippen LogP contribution in [0.25, 0.3) is 11.0 Å². The fourth-order valence-corrected chi connectivity index (χ4v) is 5.55. The molecule has 1 amide bonds. The lowest BCUT2D eigenvalue weighted by atomic mass is 9.66. The Morgan fingerprint density at radius 2 is 1.97 bits per heavy atom. The molecule has 29 heavy (non-hydrogen) atoms. The average Bonchev–Trinajstić information content (AvgIpc) is 2.98. The summed E-state index contributed by atoms with van der Waals surface area (Å²) in [6.07, 6.45) is 7.71. The summed E-state index contributed by atoms with van der Waals surface area (Å²) in [4.78, 5) is 19.3. The van der Waals surface area contributed by atoms with Crippen molar-refractivity contribution in [3.05, 3.63) is 23.9 Å². The molecule has 1 spiro atoms. The fraction of sp³-hybridized carbons (Fsp3) is 0.652. The van der Waals surface area contributed by atoms with E-state index in [9.17, 15) is 9.90 Å². The van der Waals surface area contributed by atoms with Crippen LogP contribution in [-0.2, 0) is 11.8 Å². The van der Waals surface area contributed by atoms with E-state index in [4.69, 9.17) is 9.72 Å². The minimum absolute atomic E-state index is 0.0310. The second kappa shape index (κ2) is 6.46. The van der Waals surface area contributed by atoms with E-state index < -0.39 is 5.60 Å². The number of aliphatic hydroxyl groups is 1. The highest BCUT2D eigenvalue weighted by Gasteiger charge is 2.51. The Balaban J connectivity index is 1.15. The third kappa shape index (κ3) is 3.31. The van der Waals surface area contributed by atoms with Crippen LogP contribution >= 0.6 is 0 Å². The molecule has 1 saturated heterocycles. The molecule has 5 rings (SSSR count). The first-order chi connectivity index (χ1) is 13.7. The quantitative estimate of drug-likeness (QED) is 0.864. The van der Waals surface area contributed by atoms with Gasteiger partial charge in [0.05, 0.1) is 5.60 Å². The smallest absolute Gasteiger partial charge is 0.225 e. The van der Waals surface area contributed by atoms with Crippen molar-refractivity contribution in [3.63, 3.8) is 0 Å². The van der Waals surface area contributed by atoms with Crippen LogP contribution in [-0.4, -0.2) is 50.3 Å². The molecular formula is C23H31N3O3. The van der Waals surface area contributed by atoms with Gasteiger partial charge in [-0.2, -0.15) is 4.98 Å². The molecule has 2 saturated carbocycles. The Kier molecular flexibility index (Phi) is 4.21. The lowest BCUT2D eigenvalue weighted by Gasteiger charge is -2.55. The number of aromatic nitrogens is 2. The first kappa shape index (κ1) is 18.9. The van der Waals surface area contributed by atoms with Crippen LogP contribution in [0.15, 0.2) is 18.3 Å². The maximum atomic E-state index is 12.6. The highest BCUT2D eigenvalue weighted by Crippen LogP contribution is 2.47. The molecule has 1 aliphatic heterocycles. The number of carbonyl (C=O) groups excluding carboxylic acids is 1. The van der Waals surface area contributed by atoms with Crippen molar-refractivity contribution in [1.29, 1.82) is 0 Å². The van der Waals surface area contributed by atoms with E-state index in [1.165, 1.54) is 0 Å². The van der Waals surface area contributed by atoms with Crippen LogP contribution in [0.3, 0.4) is 0 Å². The Labute approximate surface area is 171 Å². The number of rotatable bonds is 3. The zero-order chi connectivity index (χ0) is 20.4. The Morgan fingerprint density at radius 1 is 1.28 bits per heavy atom. The molecule has 0 atom stereocenters. The van der Waals surface area contributed by atoms with Gasteiger partial charge < -0.3 is 19.3 Å². The molecule has 1 N–H and O–H groups in total. The number of likely N-dealkylation sites (tertiary alicyclic amines) is 1. The molecule has 0 radical (unpaired) electrons. The van der Waals surface area contributed by atoms with Gasteiger partial charge in [-0.3, -0.25) is 4.79 Å². The van der Waals surface area contributed by atoms with Gasteiger partial charge in [-0.15, -0.1) is 0 Å². The summed E-state index contributed by atoms with van der Waals surface area (Å²) in [6, 6.07) is 4.23. The molecule has 2 aromatic heterocycles. The number of pyridine rings is 1. The number of amides is 1.